The van der Waals surface area contributed by atoms with E-state index in [4.69, 9.17) is 0 Å². The van der Waals surface area contributed by atoms with Crippen LogP contribution in [-0.4, -0.2) is 20.0 Å². The van der Waals surface area contributed by atoms with Gasteiger partial charge >= 0.3 is 0 Å². The second kappa shape index (κ2) is 6.13. The SMILES string of the molecule is CCC(CC)c1nnc(NCc2c3c(nn2C)CCC3)s1. The molecule has 6 heteroatoms. The largest absolute Gasteiger partial charge is 0.354 e. The molecule has 2 aromatic heterocycles. The molecule has 1 N–H and O–H groups in total. The average molecular weight is 305 g/mol. The molecule has 0 atom stereocenters. The molecular formula is C15H23N5S. The van der Waals surface area contributed by atoms with Crippen molar-refractivity contribution in [1.82, 2.24) is 20.0 Å². The summed E-state index contributed by atoms with van der Waals surface area (Å²) in [5.41, 5.74) is 4.01. The Hall–Kier alpha value is -1.43. The third-order valence-corrected chi connectivity index (χ3v) is 5.42. The van der Waals surface area contributed by atoms with Crippen molar-refractivity contribution in [3.63, 3.8) is 0 Å². The molecule has 0 aliphatic heterocycles. The van der Waals surface area contributed by atoms with Gasteiger partial charge in [-0.05, 0) is 37.7 Å². The molecule has 5 nitrogen and oxygen atoms in total. The topological polar surface area (TPSA) is 55.6 Å². The molecule has 0 radical (unpaired) electrons. The van der Waals surface area contributed by atoms with Crippen molar-refractivity contribution >= 4 is 16.5 Å². The molecule has 0 unspecified atom stereocenters. The summed E-state index contributed by atoms with van der Waals surface area (Å²) in [4.78, 5) is 0. The van der Waals surface area contributed by atoms with Gasteiger partial charge in [0.15, 0.2) is 0 Å². The highest BCUT2D eigenvalue weighted by Gasteiger charge is 2.21. The van der Waals surface area contributed by atoms with Gasteiger partial charge in [0.1, 0.15) is 5.01 Å². The van der Waals surface area contributed by atoms with Crippen LogP contribution in [0.2, 0.25) is 0 Å². The maximum absolute atomic E-state index is 4.61. The summed E-state index contributed by atoms with van der Waals surface area (Å²) in [6.45, 7) is 5.21. The first-order valence-corrected chi connectivity index (χ1v) is 8.65. The van der Waals surface area contributed by atoms with Crippen LogP contribution in [0.3, 0.4) is 0 Å². The van der Waals surface area contributed by atoms with Crippen molar-refractivity contribution in [2.24, 2.45) is 7.05 Å². The molecule has 0 aromatic carbocycles. The van der Waals surface area contributed by atoms with Crippen LogP contribution in [0.15, 0.2) is 0 Å². The highest BCUT2D eigenvalue weighted by molar-refractivity contribution is 7.15. The molecule has 1 aliphatic rings. The second-order valence-corrected chi connectivity index (χ2v) is 6.67. The predicted molar refractivity (Wildman–Crippen MR) is 85.8 cm³/mol. The lowest BCUT2D eigenvalue weighted by Crippen LogP contribution is -2.07. The third-order valence-electron chi connectivity index (χ3n) is 4.38. The van der Waals surface area contributed by atoms with Crippen LogP contribution in [0.5, 0.6) is 0 Å². The molecule has 0 saturated carbocycles. The molecule has 0 saturated heterocycles. The minimum atomic E-state index is 0.541. The lowest BCUT2D eigenvalue weighted by Gasteiger charge is -2.06. The maximum Gasteiger partial charge on any atom is 0.206 e. The zero-order valence-corrected chi connectivity index (χ0v) is 13.8. The van der Waals surface area contributed by atoms with Crippen LogP contribution in [0.1, 0.15) is 61.0 Å². The van der Waals surface area contributed by atoms with Crippen molar-refractivity contribution in [2.45, 2.75) is 58.4 Å². The van der Waals surface area contributed by atoms with E-state index in [1.54, 1.807) is 11.3 Å². The van der Waals surface area contributed by atoms with Crippen LogP contribution in [0.25, 0.3) is 0 Å². The van der Waals surface area contributed by atoms with E-state index in [1.807, 2.05) is 11.7 Å². The van der Waals surface area contributed by atoms with Gasteiger partial charge in [0.05, 0.1) is 17.9 Å². The van der Waals surface area contributed by atoms with Gasteiger partial charge in [-0.3, -0.25) is 4.68 Å². The molecule has 0 amide bonds. The van der Waals surface area contributed by atoms with Crippen LogP contribution in [0, 0.1) is 0 Å². The average Bonchev–Trinajstić information content (AvgIpc) is 3.15. The fourth-order valence-electron chi connectivity index (χ4n) is 3.08. The van der Waals surface area contributed by atoms with Crippen molar-refractivity contribution in [2.75, 3.05) is 5.32 Å². The number of hydrogen-bond donors (Lipinski definition) is 1. The van der Waals surface area contributed by atoms with Crippen molar-refractivity contribution in [3.05, 3.63) is 22.0 Å². The normalized spacial score (nSPS) is 13.9. The molecule has 3 rings (SSSR count). The minimum absolute atomic E-state index is 0.541. The standard InChI is InChI=1S/C15H23N5S/c1-4-10(5-2)14-17-18-15(21-14)16-9-13-11-7-6-8-12(11)19-20(13)3/h10H,4-9H2,1-3H3,(H,16,18). The fraction of sp³-hybridized carbons (Fsp3) is 0.667. The number of aromatic nitrogens is 4. The van der Waals surface area contributed by atoms with Crippen molar-refractivity contribution in [3.8, 4) is 0 Å². The van der Waals surface area contributed by atoms with E-state index in [0.29, 0.717) is 5.92 Å². The van der Waals surface area contributed by atoms with Gasteiger partial charge in [0.25, 0.3) is 0 Å². The number of nitrogens with zero attached hydrogens (tertiary/aromatic N) is 4. The van der Waals surface area contributed by atoms with Gasteiger partial charge in [-0.1, -0.05) is 25.2 Å². The summed E-state index contributed by atoms with van der Waals surface area (Å²) in [5, 5.41) is 18.7. The highest BCUT2D eigenvalue weighted by atomic mass is 32.1. The zero-order chi connectivity index (χ0) is 14.8. The minimum Gasteiger partial charge on any atom is -0.354 e. The quantitative estimate of drug-likeness (QED) is 0.890. The Kier molecular flexibility index (Phi) is 4.24. The molecule has 114 valence electrons. The molecule has 21 heavy (non-hydrogen) atoms. The van der Waals surface area contributed by atoms with Gasteiger partial charge in [-0.15, -0.1) is 10.2 Å². The van der Waals surface area contributed by atoms with E-state index in [0.717, 1.165) is 42.4 Å². The van der Waals surface area contributed by atoms with Crippen LogP contribution < -0.4 is 5.32 Å². The molecule has 0 spiro atoms. The summed E-state index contributed by atoms with van der Waals surface area (Å²) in [5.74, 6) is 0.541. The van der Waals surface area contributed by atoms with Crippen LogP contribution >= 0.6 is 11.3 Å². The first-order valence-electron chi connectivity index (χ1n) is 7.83. The Balaban J connectivity index is 1.68. The van der Waals surface area contributed by atoms with E-state index in [-0.39, 0.29) is 0 Å². The van der Waals surface area contributed by atoms with E-state index in [1.165, 1.54) is 23.4 Å². The Labute approximate surface area is 129 Å². The zero-order valence-electron chi connectivity index (χ0n) is 13.0. The molecular weight excluding hydrogens is 282 g/mol. The van der Waals surface area contributed by atoms with E-state index in [2.05, 4.69) is 34.5 Å². The summed E-state index contributed by atoms with van der Waals surface area (Å²) in [7, 11) is 2.03. The first kappa shape index (κ1) is 14.5. The second-order valence-electron chi connectivity index (χ2n) is 5.66. The monoisotopic (exact) mass is 305 g/mol. The number of anilines is 1. The Morgan fingerprint density at radius 3 is 2.81 bits per heavy atom. The van der Waals surface area contributed by atoms with Gasteiger partial charge in [-0.25, -0.2) is 0 Å². The Morgan fingerprint density at radius 1 is 1.24 bits per heavy atom. The Morgan fingerprint density at radius 2 is 2.05 bits per heavy atom. The number of nitrogens with one attached hydrogen (secondary N) is 1. The maximum atomic E-state index is 4.61. The summed E-state index contributed by atoms with van der Waals surface area (Å²) >= 11 is 1.69. The molecule has 0 bridgehead atoms. The Bertz CT molecular complexity index is 612. The van der Waals surface area contributed by atoms with Gasteiger partial charge < -0.3 is 5.32 Å². The number of rotatable bonds is 6. The summed E-state index contributed by atoms with van der Waals surface area (Å²) in [6, 6.07) is 0. The van der Waals surface area contributed by atoms with E-state index >= 15 is 0 Å². The highest BCUT2D eigenvalue weighted by Crippen LogP contribution is 2.29. The van der Waals surface area contributed by atoms with Crippen molar-refractivity contribution < 1.29 is 0 Å². The molecule has 2 aromatic rings. The van der Waals surface area contributed by atoms with Gasteiger partial charge in [-0.2, -0.15) is 5.10 Å². The summed E-state index contributed by atoms with van der Waals surface area (Å²) in [6.07, 6.45) is 5.78. The third kappa shape index (κ3) is 2.81. The number of fused-ring (bicyclic) bond motifs is 1. The number of hydrogen-bond acceptors (Lipinski definition) is 5. The summed E-state index contributed by atoms with van der Waals surface area (Å²) < 4.78 is 2.01. The smallest absolute Gasteiger partial charge is 0.206 e. The van der Waals surface area contributed by atoms with Crippen molar-refractivity contribution in [1.29, 1.82) is 0 Å². The molecule has 2 heterocycles. The predicted octanol–water partition coefficient (Wildman–Crippen LogP) is 3.28. The van der Waals surface area contributed by atoms with Crippen LogP contribution in [-0.2, 0) is 26.4 Å². The lowest BCUT2D eigenvalue weighted by atomic mass is 10.1. The first-order chi connectivity index (χ1) is 10.2. The number of aryl methyl sites for hydroxylation is 2. The molecule has 0 fully saturated rings. The van der Waals surface area contributed by atoms with Gasteiger partial charge in [0.2, 0.25) is 5.13 Å². The van der Waals surface area contributed by atoms with E-state index in [9.17, 15) is 0 Å². The fourth-order valence-corrected chi connectivity index (χ4v) is 4.08. The lowest BCUT2D eigenvalue weighted by molar-refractivity contribution is 0.630. The van der Waals surface area contributed by atoms with Gasteiger partial charge in [0, 0.05) is 13.0 Å². The van der Waals surface area contributed by atoms with Crippen LogP contribution in [0.4, 0.5) is 5.13 Å². The molecule has 1 aliphatic carbocycles. The van der Waals surface area contributed by atoms with E-state index < -0.39 is 0 Å².